The van der Waals surface area contributed by atoms with Crippen molar-refractivity contribution in [3.8, 4) is 0 Å². The van der Waals surface area contributed by atoms with Crippen LogP contribution in [0, 0.1) is 5.82 Å². The fourth-order valence-electron chi connectivity index (χ4n) is 2.53. The number of likely N-dealkylation sites (N-methyl/N-ethyl adjacent to an activating group) is 1. The second kappa shape index (κ2) is 8.97. The van der Waals surface area contributed by atoms with E-state index in [4.69, 9.17) is 0 Å². The van der Waals surface area contributed by atoms with Crippen LogP contribution in [0.2, 0.25) is 0 Å². The number of piperidine rings is 1. The molecule has 1 atom stereocenters. The van der Waals surface area contributed by atoms with Crippen molar-refractivity contribution in [1.82, 2.24) is 10.2 Å². The minimum absolute atomic E-state index is 0. The molecule has 0 radical (unpaired) electrons. The highest BCUT2D eigenvalue weighted by atomic mass is 35.5. The van der Waals surface area contributed by atoms with Crippen molar-refractivity contribution < 1.29 is 9.18 Å². The van der Waals surface area contributed by atoms with Crippen molar-refractivity contribution in [1.29, 1.82) is 0 Å². The van der Waals surface area contributed by atoms with E-state index in [1.54, 1.807) is 18.2 Å². The zero-order valence-electron chi connectivity index (χ0n) is 12.3. The highest BCUT2D eigenvalue weighted by molar-refractivity contribution is 5.90. The van der Waals surface area contributed by atoms with Crippen molar-refractivity contribution >= 4 is 24.0 Å². The maximum atomic E-state index is 13.4. The molecule has 0 aromatic heterocycles. The maximum absolute atomic E-state index is 13.4. The standard InChI is InChI=1S/C15H22FN3O.ClH/c1-17-12-5-4-9-19(11-12)10-8-15(20)18-14-7-3-2-6-13(14)16;/h2-3,6-7,12,17H,4-5,8-11H2,1H3,(H,18,20);1H. The number of carbonyl (C=O) groups is 1. The highest BCUT2D eigenvalue weighted by Gasteiger charge is 2.18. The fourth-order valence-corrected chi connectivity index (χ4v) is 2.53. The van der Waals surface area contributed by atoms with E-state index in [9.17, 15) is 9.18 Å². The SMILES string of the molecule is CNC1CCCN(CCC(=O)Nc2ccccc2F)C1.Cl. The smallest absolute Gasteiger partial charge is 0.225 e. The van der Waals surface area contributed by atoms with Crippen LogP contribution in [0.5, 0.6) is 0 Å². The summed E-state index contributed by atoms with van der Waals surface area (Å²) in [4.78, 5) is 14.1. The van der Waals surface area contributed by atoms with E-state index in [1.165, 1.54) is 12.5 Å². The van der Waals surface area contributed by atoms with E-state index >= 15 is 0 Å². The summed E-state index contributed by atoms with van der Waals surface area (Å²) in [5.41, 5.74) is 0.254. The van der Waals surface area contributed by atoms with Crippen LogP contribution in [0.3, 0.4) is 0 Å². The van der Waals surface area contributed by atoms with Gasteiger partial charge in [0.25, 0.3) is 0 Å². The molecule has 1 aliphatic heterocycles. The van der Waals surface area contributed by atoms with E-state index in [1.807, 2.05) is 7.05 Å². The molecule has 4 nitrogen and oxygen atoms in total. The van der Waals surface area contributed by atoms with Crippen LogP contribution in [-0.2, 0) is 4.79 Å². The minimum Gasteiger partial charge on any atom is -0.324 e. The summed E-state index contributed by atoms with van der Waals surface area (Å²) in [6.07, 6.45) is 2.74. The quantitative estimate of drug-likeness (QED) is 0.876. The number of halogens is 2. The van der Waals surface area contributed by atoms with Gasteiger partial charge in [0.15, 0.2) is 0 Å². The second-order valence-electron chi connectivity index (χ2n) is 5.21. The Kier molecular flexibility index (Phi) is 7.64. The van der Waals surface area contributed by atoms with Gasteiger partial charge in [0, 0.05) is 25.6 Å². The monoisotopic (exact) mass is 315 g/mol. The number of hydrogen-bond donors (Lipinski definition) is 2. The number of para-hydroxylation sites is 1. The molecule has 0 bridgehead atoms. The largest absolute Gasteiger partial charge is 0.324 e. The summed E-state index contributed by atoms with van der Waals surface area (Å²) in [6, 6.07) is 6.75. The molecule has 21 heavy (non-hydrogen) atoms. The van der Waals surface area contributed by atoms with E-state index in [0.717, 1.165) is 26.1 Å². The fraction of sp³-hybridized carbons (Fsp3) is 0.533. The molecule has 1 fully saturated rings. The number of likely N-dealkylation sites (tertiary alicyclic amines) is 1. The zero-order valence-corrected chi connectivity index (χ0v) is 13.1. The third-order valence-electron chi connectivity index (χ3n) is 3.72. The van der Waals surface area contributed by atoms with Gasteiger partial charge >= 0.3 is 0 Å². The lowest BCUT2D eigenvalue weighted by Gasteiger charge is -2.32. The summed E-state index contributed by atoms with van der Waals surface area (Å²) < 4.78 is 13.4. The van der Waals surface area contributed by atoms with Gasteiger partial charge in [0.05, 0.1) is 5.69 Å². The lowest BCUT2D eigenvalue weighted by atomic mass is 10.1. The Morgan fingerprint density at radius 1 is 1.43 bits per heavy atom. The van der Waals surface area contributed by atoms with Crippen LogP contribution in [0.4, 0.5) is 10.1 Å². The van der Waals surface area contributed by atoms with Gasteiger partial charge < -0.3 is 15.5 Å². The number of nitrogens with one attached hydrogen (secondary N) is 2. The van der Waals surface area contributed by atoms with Crippen LogP contribution >= 0.6 is 12.4 Å². The molecule has 0 aliphatic carbocycles. The van der Waals surface area contributed by atoms with Crippen molar-refractivity contribution in [2.45, 2.75) is 25.3 Å². The summed E-state index contributed by atoms with van der Waals surface area (Å²) in [5, 5.41) is 5.90. The van der Waals surface area contributed by atoms with E-state index in [-0.39, 0.29) is 24.0 Å². The molecule has 0 saturated carbocycles. The number of nitrogens with zero attached hydrogens (tertiary/aromatic N) is 1. The Bertz CT molecular complexity index is 458. The Hall–Kier alpha value is -1.17. The lowest BCUT2D eigenvalue weighted by Crippen LogP contribution is -2.45. The van der Waals surface area contributed by atoms with Crippen molar-refractivity contribution in [3.63, 3.8) is 0 Å². The van der Waals surface area contributed by atoms with E-state index in [2.05, 4.69) is 15.5 Å². The van der Waals surface area contributed by atoms with Crippen molar-refractivity contribution in [2.75, 3.05) is 32.0 Å². The van der Waals surface area contributed by atoms with Crippen molar-refractivity contribution in [3.05, 3.63) is 30.1 Å². The molecule has 2 N–H and O–H groups in total. The van der Waals surface area contributed by atoms with Crippen LogP contribution in [-0.4, -0.2) is 43.5 Å². The first kappa shape index (κ1) is 17.9. The normalized spacial score (nSPS) is 18.9. The maximum Gasteiger partial charge on any atom is 0.225 e. The molecular weight excluding hydrogens is 293 g/mol. The minimum atomic E-state index is -0.394. The highest BCUT2D eigenvalue weighted by Crippen LogP contribution is 2.13. The number of hydrogen-bond acceptors (Lipinski definition) is 3. The predicted molar refractivity (Wildman–Crippen MR) is 85.4 cm³/mol. The Labute approximate surface area is 131 Å². The summed E-state index contributed by atoms with van der Waals surface area (Å²) >= 11 is 0. The number of carbonyl (C=O) groups excluding carboxylic acids is 1. The average molecular weight is 316 g/mol. The van der Waals surface area contributed by atoms with Gasteiger partial charge in [-0.2, -0.15) is 0 Å². The van der Waals surface area contributed by atoms with Crippen molar-refractivity contribution in [2.24, 2.45) is 0 Å². The van der Waals surface area contributed by atoms with Crippen LogP contribution in [0.15, 0.2) is 24.3 Å². The Morgan fingerprint density at radius 3 is 2.90 bits per heavy atom. The van der Waals surface area contributed by atoms with Crippen LogP contribution in [0.25, 0.3) is 0 Å². The van der Waals surface area contributed by atoms with Gasteiger partial charge in [0.1, 0.15) is 5.82 Å². The van der Waals surface area contributed by atoms with Gasteiger partial charge in [-0.1, -0.05) is 12.1 Å². The number of anilines is 1. The molecule has 1 saturated heterocycles. The molecule has 0 spiro atoms. The van der Waals surface area contributed by atoms with Gasteiger partial charge in [-0.25, -0.2) is 4.39 Å². The molecular formula is C15H23ClFN3O. The van der Waals surface area contributed by atoms with Gasteiger partial charge in [0.2, 0.25) is 5.91 Å². The molecule has 118 valence electrons. The first-order valence-electron chi connectivity index (χ1n) is 7.13. The first-order valence-corrected chi connectivity index (χ1v) is 7.13. The third-order valence-corrected chi connectivity index (χ3v) is 3.72. The molecule has 6 heteroatoms. The molecule has 1 amide bonds. The van der Waals surface area contributed by atoms with Gasteiger partial charge in [-0.05, 0) is 38.6 Å². The van der Waals surface area contributed by atoms with Gasteiger partial charge in [-0.3, -0.25) is 4.79 Å². The number of benzene rings is 1. The third kappa shape index (κ3) is 5.61. The van der Waals surface area contributed by atoms with E-state index in [0.29, 0.717) is 12.5 Å². The van der Waals surface area contributed by atoms with Gasteiger partial charge in [-0.15, -0.1) is 12.4 Å². The zero-order chi connectivity index (χ0) is 14.4. The first-order chi connectivity index (χ1) is 9.69. The molecule has 1 unspecified atom stereocenters. The predicted octanol–water partition coefficient (Wildman–Crippen LogP) is 2.26. The molecule has 1 aromatic rings. The second-order valence-corrected chi connectivity index (χ2v) is 5.21. The average Bonchev–Trinajstić information content (AvgIpc) is 2.48. The molecule has 2 rings (SSSR count). The Balaban J connectivity index is 0.00000220. The topological polar surface area (TPSA) is 44.4 Å². The summed E-state index contributed by atoms with van der Waals surface area (Å²) in [6.45, 7) is 2.73. The summed E-state index contributed by atoms with van der Waals surface area (Å²) in [5.74, 6) is -0.532. The lowest BCUT2D eigenvalue weighted by molar-refractivity contribution is -0.116. The number of amides is 1. The number of rotatable bonds is 5. The van der Waals surface area contributed by atoms with E-state index < -0.39 is 5.82 Å². The summed E-state index contributed by atoms with van der Waals surface area (Å²) in [7, 11) is 1.97. The Morgan fingerprint density at radius 2 is 2.19 bits per heavy atom. The molecule has 1 aliphatic rings. The molecule has 1 heterocycles. The van der Waals surface area contributed by atoms with Crippen LogP contribution < -0.4 is 10.6 Å². The molecule has 1 aromatic carbocycles. The van der Waals surface area contributed by atoms with Crippen LogP contribution in [0.1, 0.15) is 19.3 Å².